The maximum atomic E-state index is 13.2. The highest BCUT2D eigenvalue weighted by Crippen LogP contribution is 2.20. The van der Waals surface area contributed by atoms with Crippen LogP contribution in [0.1, 0.15) is 17.3 Å². The van der Waals surface area contributed by atoms with Crippen LogP contribution in [0.5, 0.6) is 5.75 Å². The SMILES string of the molecule is C=C(C)/C=C\C(=C)Oc1cccc(NC(=O)c2cccc(F)c2)c1. The standard InChI is InChI=1S/C20H18FNO2/c1-14(2)10-11-15(3)24-19-9-5-8-18(13-19)22-20(23)16-6-4-7-17(21)12-16/h4-13H,1,3H2,2H3,(H,22,23)/b11-10-. The summed E-state index contributed by atoms with van der Waals surface area (Å²) in [5, 5.41) is 2.70. The first-order valence-electron chi connectivity index (χ1n) is 7.31. The highest BCUT2D eigenvalue weighted by atomic mass is 19.1. The van der Waals surface area contributed by atoms with Gasteiger partial charge in [0, 0.05) is 17.3 Å². The van der Waals surface area contributed by atoms with E-state index in [9.17, 15) is 9.18 Å². The second-order valence-corrected chi connectivity index (χ2v) is 5.24. The summed E-state index contributed by atoms with van der Waals surface area (Å²) in [5.74, 6) is 0.128. The highest BCUT2D eigenvalue weighted by molar-refractivity contribution is 6.04. The molecule has 0 aliphatic rings. The summed E-state index contributed by atoms with van der Waals surface area (Å²) in [7, 11) is 0. The van der Waals surface area contributed by atoms with Crippen molar-refractivity contribution in [2.75, 3.05) is 5.32 Å². The quantitative estimate of drug-likeness (QED) is 0.593. The molecule has 1 N–H and O–H groups in total. The third kappa shape index (κ3) is 5.25. The van der Waals surface area contributed by atoms with E-state index in [2.05, 4.69) is 18.5 Å². The smallest absolute Gasteiger partial charge is 0.255 e. The van der Waals surface area contributed by atoms with Gasteiger partial charge in [0.05, 0.1) is 0 Å². The molecular formula is C20H18FNO2. The monoisotopic (exact) mass is 323 g/mol. The van der Waals surface area contributed by atoms with E-state index in [0.717, 1.165) is 5.57 Å². The fourth-order valence-corrected chi connectivity index (χ4v) is 1.89. The van der Waals surface area contributed by atoms with Gasteiger partial charge in [0.25, 0.3) is 5.91 Å². The van der Waals surface area contributed by atoms with Gasteiger partial charge < -0.3 is 10.1 Å². The van der Waals surface area contributed by atoms with Crippen LogP contribution in [-0.2, 0) is 0 Å². The first-order valence-corrected chi connectivity index (χ1v) is 7.31. The number of rotatable bonds is 6. The Morgan fingerprint density at radius 3 is 2.58 bits per heavy atom. The Bertz CT molecular complexity index is 809. The van der Waals surface area contributed by atoms with Crippen molar-refractivity contribution in [3.8, 4) is 5.75 Å². The first-order chi connectivity index (χ1) is 11.4. The molecule has 2 aromatic rings. The predicted molar refractivity (Wildman–Crippen MR) is 94.5 cm³/mol. The van der Waals surface area contributed by atoms with E-state index in [1.54, 1.807) is 42.5 Å². The number of hydrogen-bond acceptors (Lipinski definition) is 2. The number of amides is 1. The number of halogens is 1. The van der Waals surface area contributed by atoms with Crippen molar-refractivity contribution < 1.29 is 13.9 Å². The van der Waals surface area contributed by atoms with Gasteiger partial charge >= 0.3 is 0 Å². The summed E-state index contributed by atoms with van der Waals surface area (Å²) in [6.45, 7) is 9.42. The number of benzene rings is 2. The van der Waals surface area contributed by atoms with E-state index in [-0.39, 0.29) is 5.56 Å². The van der Waals surface area contributed by atoms with Gasteiger partial charge in [0.15, 0.2) is 0 Å². The number of ether oxygens (including phenoxy) is 1. The van der Waals surface area contributed by atoms with Crippen molar-refractivity contribution in [1.29, 1.82) is 0 Å². The summed E-state index contributed by atoms with van der Waals surface area (Å²) in [6, 6.07) is 12.4. The van der Waals surface area contributed by atoms with Gasteiger partial charge in [-0.25, -0.2) is 4.39 Å². The minimum atomic E-state index is -0.458. The number of hydrogen-bond donors (Lipinski definition) is 1. The first kappa shape index (κ1) is 17.2. The highest BCUT2D eigenvalue weighted by Gasteiger charge is 2.07. The van der Waals surface area contributed by atoms with E-state index in [1.807, 2.05) is 6.92 Å². The molecule has 2 rings (SSSR count). The second-order valence-electron chi connectivity index (χ2n) is 5.24. The summed E-state index contributed by atoms with van der Waals surface area (Å²) >= 11 is 0. The zero-order valence-corrected chi connectivity index (χ0v) is 13.4. The van der Waals surface area contributed by atoms with Gasteiger partial charge in [-0.15, -0.1) is 0 Å². The van der Waals surface area contributed by atoms with Crippen LogP contribution >= 0.6 is 0 Å². The Morgan fingerprint density at radius 1 is 1.12 bits per heavy atom. The Hall–Kier alpha value is -3.14. The van der Waals surface area contributed by atoms with Gasteiger partial charge in [-0.2, -0.15) is 0 Å². The van der Waals surface area contributed by atoms with Crippen LogP contribution in [0, 0.1) is 5.82 Å². The molecule has 0 unspecified atom stereocenters. The lowest BCUT2D eigenvalue weighted by atomic mass is 10.2. The lowest BCUT2D eigenvalue weighted by molar-refractivity contribution is 0.102. The van der Waals surface area contributed by atoms with Gasteiger partial charge in [-0.05, 0) is 43.3 Å². The molecule has 0 aromatic heterocycles. The average Bonchev–Trinajstić information content (AvgIpc) is 2.53. The predicted octanol–water partition coefficient (Wildman–Crippen LogP) is 5.10. The number of anilines is 1. The van der Waals surface area contributed by atoms with Crippen molar-refractivity contribution in [3.05, 3.63) is 96.6 Å². The molecule has 0 aliphatic carbocycles. The lowest BCUT2D eigenvalue weighted by Gasteiger charge is -2.09. The maximum Gasteiger partial charge on any atom is 0.255 e. The third-order valence-corrected chi connectivity index (χ3v) is 2.98. The summed E-state index contributed by atoms with van der Waals surface area (Å²) in [4.78, 5) is 12.1. The summed E-state index contributed by atoms with van der Waals surface area (Å²) in [5.41, 5.74) is 1.67. The largest absolute Gasteiger partial charge is 0.458 e. The molecule has 2 aromatic carbocycles. The fourth-order valence-electron chi connectivity index (χ4n) is 1.89. The molecule has 24 heavy (non-hydrogen) atoms. The van der Waals surface area contributed by atoms with Crippen LogP contribution in [0.15, 0.2) is 85.2 Å². The number of nitrogens with one attached hydrogen (secondary N) is 1. The fraction of sp³-hybridized carbons (Fsp3) is 0.0500. The van der Waals surface area contributed by atoms with Gasteiger partial charge in [0.1, 0.15) is 17.3 Å². The number of carbonyl (C=O) groups excluding carboxylic acids is 1. The lowest BCUT2D eigenvalue weighted by Crippen LogP contribution is -2.12. The van der Waals surface area contributed by atoms with Crippen molar-refractivity contribution >= 4 is 11.6 Å². The zero-order chi connectivity index (χ0) is 17.5. The molecule has 0 spiro atoms. The Balaban J connectivity index is 2.06. The molecule has 0 atom stereocenters. The van der Waals surface area contributed by atoms with Gasteiger partial charge in [0.2, 0.25) is 0 Å². The molecule has 1 amide bonds. The van der Waals surface area contributed by atoms with Crippen molar-refractivity contribution in [1.82, 2.24) is 0 Å². The minimum absolute atomic E-state index is 0.245. The van der Waals surface area contributed by atoms with E-state index < -0.39 is 11.7 Å². The molecule has 0 saturated heterocycles. The zero-order valence-electron chi connectivity index (χ0n) is 13.4. The molecular weight excluding hydrogens is 305 g/mol. The maximum absolute atomic E-state index is 13.2. The van der Waals surface area contributed by atoms with E-state index in [0.29, 0.717) is 17.2 Å². The number of carbonyl (C=O) groups is 1. The van der Waals surface area contributed by atoms with Crippen molar-refractivity contribution in [2.24, 2.45) is 0 Å². The second kappa shape index (κ2) is 7.92. The molecule has 0 saturated carbocycles. The Labute approximate surface area is 140 Å². The van der Waals surface area contributed by atoms with E-state index >= 15 is 0 Å². The Kier molecular flexibility index (Phi) is 5.68. The topological polar surface area (TPSA) is 38.3 Å². The van der Waals surface area contributed by atoms with Gasteiger partial charge in [-0.1, -0.05) is 36.9 Å². The van der Waals surface area contributed by atoms with Crippen LogP contribution in [-0.4, -0.2) is 5.91 Å². The van der Waals surface area contributed by atoms with Crippen LogP contribution in [0.2, 0.25) is 0 Å². The molecule has 3 nitrogen and oxygen atoms in total. The number of allylic oxidation sites excluding steroid dienone is 3. The molecule has 4 heteroatoms. The summed E-state index contributed by atoms with van der Waals surface area (Å²) in [6.07, 6.45) is 3.50. The van der Waals surface area contributed by atoms with E-state index in [4.69, 9.17) is 4.74 Å². The molecule has 122 valence electrons. The average molecular weight is 323 g/mol. The minimum Gasteiger partial charge on any atom is -0.458 e. The van der Waals surface area contributed by atoms with Crippen molar-refractivity contribution in [2.45, 2.75) is 6.92 Å². The summed E-state index contributed by atoms with van der Waals surface area (Å²) < 4.78 is 18.8. The molecule has 0 bridgehead atoms. The van der Waals surface area contributed by atoms with Crippen molar-refractivity contribution in [3.63, 3.8) is 0 Å². The molecule has 0 aliphatic heterocycles. The van der Waals surface area contributed by atoms with Crippen LogP contribution in [0.3, 0.4) is 0 Å². The Morgan fingerprint density at radius 2 is 1.88 bits per heavy atom. The van der Waals surface area contributed by atoms with Crippen LogP contribution < -0.4 is 10.1 Å². The van der Waals surface area contributed by atoms with Crippen LogP contribution in [0.25, 0.3) is 0 Å². The molecule has 0 fully saturated rings. The molecule has 0 heterocycles. The molecule has 0 radical (unpaired) electrons. The third-order valence-electron chi connectivity index (χ3n) is 2.98. The van der Waals surface area contributed by atoms with Crippen LogP contribution in [0.4, 0.5) is 10.1 Å². The van der Waals surface area contributed by atoms with E-state index in [1.165, 1.54) is 18.2 Å². The van der Waals surface area contributed by atoms with Gasteiger partial charge in [-0.3, -0.25) is 4.79 Å². The normalized spacial score (nSPS) is 10.4.